The summed E-state index contributed by atoms with van der Waals surface area (Å²) in [6, 6.07) is 6.31. The van der Waals surface area contributed by atoms with E-state index >= 15 is 0 Å². The minimum atomic E-state index is -2.82. The van der Waals surface area contributed by atoms with Crippen molar-refractivity contribution >= 4 is 11.4 Å². The lowest BCUT2D eigenvalue weighted by Gasteiger charge is -2.27. The van der Waals surface area contributed by atoms with E-state index in [1.165, 1.54) is 12.1 Å². The molecule has 2 atom stereocenters. The molecule has 0 bridgehead atoms. The predicted molar refractivity (Wildman–Crippen MR) is 77.1 cm³/mol. The van der Waals surface area contributed by atoms with Gasteiger partial charge in [0.2, 0.25) is 0 Å². The highest BCUT2D eigenvalue weighted by atomic mass is 32.2. The second-order valence-electron chi connectivity index (χ2n) is 5.41. The maximum Gasteiger partial charge on any atom is 0.387 e. The maximum absolute atomic E-state index is 12.1. The van der Waals surface area contributed by atoms with Gasteiger partial charge in [0.05, 0.1) is 6.04 Å². The monoisotopic (exact) mass is 305 g/mol. The molecule has 0 spiro atoms. The molecule has 0 heterocycles. The van der Waals surface area contributed by atoms with Crippen molar-refractivity contribution in [1.29, 1.82) is 0 Å². The normalized spacial score (nSPS) is 15.2. The van der Waals surface area contributed by atoms with Crippen molar-refractivity contribution in [2.45, 2.75) is 51.5 Å². The van der Waals surface area contributed by atoms with E-state index < -0.39 is 18.0 Å². The molecule has 0 aliphatic heterocycles. The molecule has 3 nitrogen and oxygen atoms in total. The Labute approximate surface area is 122 Å². The molecule has 0 unspecified atom stereocenters. The van der Waals surface area contributed by atoms with Crippen molar-refractivity contribution in [2.75, 3.05) is 0 Å². The van der Waals surface area contributed by atoms with Gasteiger partial charge in [-0.15, -0.1) is 4.72 Å². The predicted octanol–water partition coefficient (Wildman–Crippen LogP) is 3.79. The Morgan fingerprint density at radius 2 is 1.80 bits per heavy atom. The van der Waals surface area contributed by atoms with Gasteiger partial charge in [-0.1, -0.05) is 19.1 Å². The smallest absolute Gasteiger partial charge is 0.387 e. The summed E-state index contributed by atoms with van der Waals surface area (Å²) in [4.78, 5) is 0. The first-order valence-corrected chi connectivity index (χ1v) is 7.62. The summed E-state index contributed by atoms with van der Waals surface area (Å²) in [5.74, 6) is 0.121. The molecule has 1 rings (SSSR count). The fourth-order valence-corrected chi connectivity index (χ4v) is 2.49. The molecule has 114 valence electrons. The number of benzene rings is 1. The van der Waals surface area contributed by atoms with Gasteiger partial charge in [-0.05, 0) is 44.9 Å². The fraction of sp³-hybridized carbons (Fsp3) is 0.571. The summed E-state index contributed by atoms with van der Waals surface area (Å²) < 4.78 is 43.3. The molecule has 0 aliphatic carbocycles. The van der Waals surface area contributed by atoms with Gasteiger partial charge in [-0.2, -0.15) is 8.78 Å². The molecule has 0 fully saturated rings. The molecule has 0 aliphatic rings. The van der Waals surface area contributed by atoms with E-state index in [1.807, 2.05) is 27.7 Å². The number of ether oxygens (including phenoxy) is 1. The first-order valence-electron chi connectivity index (χ1n) is 6.47. The molecule has 0 radical (unpaired) electrons. The summed E-state index contributed by atoms with van der Waals surface area (Å²) in [5, 5.41) is 0. The van der Waals surface area contributed by atoms with Crippen LogP contribution in [0.15, 0.2) is 24.3 Å². The van der Waals surface area contributed by atoms with E-state index in [1.54, 1.807) is 12.1 Å². The van der Waals surface area contributed by atoms with Crippen molar-refractivity contribution in [1.82, 2.24) is 4.72 Å². The Kier molecular flexibility index (Phi) is 6.23. The van der Waals surface area contributed by atoms with Gasteiger partial charge in [0.1, 0.15) is 10.5 Å². The molecule has 0 saturated heterocycles. The lowest BCUT2D eigenvalue weighted by atomic mass is 10.1. The molecule has 0 amide bonds. The largest absolute Gasteiger partial charge is 0.598 e. The van der Waals surface area contributed by atoms with Crippen molar-refractivity contribution in [2.24, 2.45) is 0 Å². The van der Waals surface area contributed by atoms with Gasteiger partial charge >= 0.3 is 6.61 Å². The van der Waals surface area contributed by atoms with Crippen LogP contribution in [-0.2, 0) is 11.4 Å². The van der Waals surface area contributed by atoms with Crippen molar-refractivity contribution < 1.29 is 18.1 Å². The number of halogens is 2. The lowest BCUT2D eigenvalue weighted by Crippen LogP contribution is -2.41. The van der Waals surface area contributed by atoms with Gasteiger partial charge in [0.25, 0.3) is 0 Å². The number of alkyl halides is 2. The second-order valence-corrected chi connectivity index (χ2v) is 7.41. The maximum atomic E-state index is 12.1. The molecule has 1 aromatic rings. The van der Waals surface area contributed by atoms with Gasteiger partial charge in [0.15, 0.2) is 0 Å². The van der Waals surface area contributed by atoms with Crippen LogP contribution in [0.5, 0.6) is 5.75 Å². The Bertz CT molecular complexity index is 407. The van der Waals surface area contributed by atoms with Gasteiger partial charge in [-0.25, -0.2) is 0 Å². The zero-order valence-corrected chi connectivity index (χ0v) is 13.0. The topological polar surface area (TPSA) is 44.3 Å². The zero-order valence-electron chi connectivity index (χ0n) is 12.2. The van der Waals surface area contributed by atoms with Crippen LogP contribution in [-0.4, -0.2) is 15.9 Å². The summed E-state index contributed by atoms with van der Waals surface area (Å²) in [7, 11) is 0. The Hall–Kier alpha value is -0.850. The van der Waals surface area contributed by atoms with Crippen LogP contribution in [0.2, 0.25) is 0 Å². The lowest BCUT2D eigenvalue weighted by molar-refractivity contribution is -0.0498. The van der Waals surface area contributed by atoms with Crippen LogP contribution in [0.1, 0.15) is 45.7 Å². The van der Waals surface area contributed by atoms with Crippen molar-refractivity contribution in [3.63, 3.8) is 0 Å². The Balaban J connectivity index is 2.75. The second kappa shape index (κ2) is 7.24. The number of hydrogen-bond acceptors (Lipinski definition) is 3. The quantitative estimate of drug-likeness (QED) is 0.813. The van der Waals surface area contributed by atoms with Crippen LogP contribution < -0.4 is 9.46 Å². The third-order valence-corrected chi connectivity index (χ3v) is 4.33. The summed E-state index contributed by atoms with van der Waals surface area (Å²) >= 11 is -1.18. The number of rotatable bonds is 6. The third-order valence-electron chi connectivity index (χ3n) is 2.72. The highest BCUT2D eigenvalue weighted by Crippen LogP contribution is 2.24. The highest BCUT2D eigenvalue weighted by Gasteiger charge is 2.29. The summed E-state index contributed by atoms with van der Waals surface area (Å²) in [5.41, 5.74) is 0.895. The molecule has 20 heavy (non-hydrogen) atoms. The van der Waals surface area contributed by atoms with E-state index in [4.69, 9.17) is 0 Å². The van der Waals surface area contributed by atoms with Gasteiger partial charge in [-0.3, -0.25) is 0 Å². The average Bonchev–Trinajstić information content (AvgIpc) is 2.35. The van der Waals surface area contributed by atoms with Gasteiger partial charge < -0.3 is 9.29 Å². The molecule has 0 saturated carbocycles. The first-order chi connectivity index (χ1) is 9.24. The van der Waals surface area contributed by atoms with Crippen LogP contribution in [0.25, 0.3) is 0 Å². The van der Waals surface area contributed by atoms with Gasteiger partial charge in [0, 0.05) is 11.4 Å². The highest BCUT2D eigenvalue weighted by molar-refractivity contribution is 7.90. The third kappa shape index (κ3) is 5.26. The van der Waals surface area contributed by atoms with E-state index in [-0.39, 0.29) is 16.5 Å². The Morgan fingerprint density at radius 1 is 1.25 bits per heavy atom. The van der Waals surface area contributed by atoms with Crippen LogP contribution in [0, 0.1) is 0 Å². The van der Waals surface area contributed by atoms with Crippen LogP contribution >= 0.6 is 0 Å². The minimum absolute atomic E-state index is 0.0874. The Morgan fingerprint density at radius 3 is 2.20 bits per heavy atom. The number of hydrogen-bond donors (Lipinski definition) is 1. The first kappa shape index (κ1) is 17.2. The van der Waals surface area contributed by atoms with Crippen LogP contribution in [0.4, 0.5) is 8.78 Å². The summed E-state index contributed by atoms with van der Waals surface area (Å²) in [6.07, 6.45) is 0.747. The fourth-order valence-electron chi connectivity index (χ4n) is 1.57. The zero-order chi connectivity index (χ0) is 15.3. The minimum Gasteiger partial charge on any atom is -0.598 e. The van der Waals surface area contributed by atoms with Crippen molar-refractivity contribution in [3.8, 4) is 5.75 Å². The molecule has 6 heteroatoms. The molecular weight excluding hydrogens is 284 g/mol. The van der Waals surface area contributed by atoms with Crippen molar-refractivity contribution in [3.05, 3.63) is 29.8 Å². The van der Waals surface area contributed by atoms with E-state index in [0.717, 1.165) is 12.0 Å². The summed E-state index contributed by atoms with van der Waals surface area (Å²) in [6.45, 7) is 4.82. The van der Waals surface area contributed by atoms with E-state index in [0.29, 0.717) is 0 Å². The molecular formula is C14H21F2NO2S. The number of nitrogens with one attached hydrogen (secondary N) is 1. The van der Waals surface area contributed by atoms with E-state index in [2.05, 4.69) is 9.46 Å². The average molecular weight is 305 g/mol. The SMILES string of the molecule is CC[C@H](N[S@+]([O-])C(C)(C)C)c1ccc(OC(F)F)cc1. The molecule has 1 aromatic carbocycles. The van der Waals surface area contributed by atoms with E-state index in [9.17, 15) is 13.3 Å². The standard InChI is InChI=1S/C14H21F2NO2S/c1-5-12(17-20(18)14(2,3)4)10-6-8-11(9-7-10)19-13(15)16/h6-9,12-13,17H,5H2,1-4H3/t12-,20+/m0/s1. The van der Waals surface area contributed by atoms with Crippen LogP contribution in [0.3, 0.4) is 0 Å². The molecule has 0 aromatic heterocycles. The molecule has 1 N–H and O–H groups in total.